The fourth-order valence-corrected chi connectivity index (χ4v) is 2.44. The first kappa shape index (κ1) is 12.9. The Labute approximate surface area is 108 Å². The standard InChI is InChI=1S/C14H21N3O/c1-10-5-6-12(13(15)8-10)14(18)16-11-4-3-7-17(2)9-11/h5-6,8,11H,3-4,7,9,15H2,1-2H3,(H,16,18). The molecule has 3 N–H and O–H groups in total. The van der Waals surface area contributed by atoms with Crippen LogP contribution in [0.4, 0.5) is 5.69 Å². The quantitative estimate of drug-likeness (QED) is 0.777. The van der Waals surface area contributed by atoms with Gasteiger partial charge in [0.05, 0.1) is 5.56 Å². The summed E-state index contributed by atoms with van der Waals surface area (Å²) in [5.74, 6) is -0.0622. The lowest BCUT2D eigenvalue weighted by Crippen LogP contribution is -2.46. The van der Waals surface area contributed by atoms with Crippen LogP contribution in [0.5, 0.6) is 0 Å². The molecule has 1 saturated heterocycles. The monoisotopic (exact) mass is 247 g/mol. The molecule has 4 nitrogen and oxygen atoms in total. The maximum atomic E-state index is 12.1. The third-order valence-corrected chi connectivity index (χ3v) is 3.41. The van der Waals surface area contributed by atoms with Crippen LogP contribution < -0.4 is 11.1 Å². The molecular formula is C14H21N3O. The first-order valence-electron chi connectivity index (χ1n) is 6.42. The number of likely N-dealkylation sites (tertiary alicyclic amines) is 1. The molecule has 1 aromatic carbocycles. The number of piperidine rings is 1. The van der Waals surface area contributed by atoms with Gasteiger partial charge in [-0.15, -0.1) is 0 Å². The molecule has 4 heteroatoms. The minimum atomic E-state index is -0.0622. The summed E-state index contributed by atoms with van der Waals surface area (Å²) in [6.07, 6.45) is 2.17. The van der Waals surface area contributed by atoms with E-state index in [1.807, 2.05) is 19.1 Å². The zero-order chi connectivity index (χ0) is 13.1. The van der Waals surface area contributed by atoms with Crippen molar-refractivity contribution in [2.75, 3.05) is 25.9 Å². The number of benzene rings is 1. The number of aryl methyl sites for hydroxylation is 1. The smallest absolute Gasteiger partial charge is 0.253 e. The first-order chi connectivity index (χ1) is 8.56. The SMILES string of the molecule is Cc1ccc(C(=O)NC2CCCN(C)C2)c(N)c1. The average Bonchev–Trinajstić information content (AvgIpc) is 2.28. The second-order valence-corrected chi connectivity index (χ2v) is 5.17. The van der Waals surface area contributed by atoms with Crippen molar-refractivity contribution in [2.24, 2.45) is 0 Å². The van der Waals surface area contributed by atoms with E-state index in [2.05, 4.69) is 17.3 Å². The molecule has 18 heavy (non-hydrogen) atoms. The highest BCUT2D eigenvalue weighted by molar-refractivity contribution is 5.99. The molecule has 0 aliphatic carbocycles. The molecule has 1 aliphatic heterocycles. The van der Waals surface area contributed by atoms with Crippen LogP contribution in [0.25, 0.3) is 0 Å². The molecule has 0 radical (unpaired) electrons. The fraction of sp³-hybridized carbons (Fsp3) is 0.500. The molecule has 1 unspecified atom stereocenters. The van der Waals surface area contributed by atoms with E-state index in [1.54, 1.807) is 6.07 Å². The van der Waals surface area contributed by atoms with E-state index in [4.69, 9.17) is 5.73 Å². The van der Waals surface area contributed by atoms with Crippen molar-refractivity contribution in [3.63, 3.8) is 0 Å². The fourth-order valence-electron chi connectivity index (χ4n) is 2.44. The number of hydrogen-bond acceptors (Lipinski definition) is 3. The van der Waals surface area contributed by atoms with Crippen molar-refractivity contribution in [3.8, 4) is 0 Å². The lowest BCUT2D eigenvalue weighted by atomic mass is 10.0. The minimum Gasteiger partial charge on any atom is -0.398 e. The highest BCUT2D eigenvalue weighted by Gasteiger charge is 2.20. The molecule has 0 aromatic heterocycles. The van der Waals surface area contributed by atoms with Crippen molar-refractivity contribution < 1.29 is 4.79 Å². The van der Waals surface area contributed by atoms with E-state index >= 15 is 0 Å². The van der Waals surface area contributed by atoms with Gasteiger partial charge in [-0.05, 0) is 51.1 Å². The summed E-state index contributed by atoms with van der Waals surface area (Å²) in [5, 5.41) is 3.07. The van der Waals surface area contributed by atoms with Gasteiger partial charge in [-0.1, -0.05) is 6.07 Å². The third-order valence-electron chi connectivity index (χ3n) is 3.41. The molecule has 2 rings (SSSR count). The van der Waals surface area contributed by atoms with E-state index < -0.39 is 0 Å². The molecule has 0 spiro atoms. The molecular weight excluding hydrogens is 226 g/mol. The number of anilines is 1. The van der Waals surface area contributed by atoms with Gasteiger partial charge < -0.3 is 16.0 Å². The highest BCUT2D eigenvalue weighted by atomic mass is 16.1. The van der Waals surface area contributed by atoms with Crippen LogP contribution in [0.2, 0.25) is 0 Å². The van der Waals surface area contributed by atoms with Crippen molar-refractivity contribution in [1.29, 1.82) is 0 Å². The van der Waals surface area contributed by atoms with Gasteiger partial charge in [0.15, 0.2) is 0 Å². The van der Waals surface area contributed by atoms with Gasteiger partial charge in [-0.25, -0.2) is 0 Å². The summed E-state index contributed by atoms with van der Waals surface area (Å²) in [6, 6.07) is 5.78. The predicted molar refractivity (Wildman–Crippen MR) is 73.6 cm³/mol. The topological polar surface area (TPSA) is 58.4 Å². The molecule has 1 atom stereocenters. The number of amides is 1. The molecule has 0 saturated carbocycles. The zero-order valence-electron chi connectivity index (χ0n) is 11.1. The maximum absolute atomic E-state index is 12.1. The number of nitrogens with one attached hydrogen (secondary N) is 1. The summed E-state index contributed by atoms with van der Waals surface area (Å²) >= 11 is 0. The van der Waals surface area contributed by atoms with E-state index in [0.717, 1.165) is 31.5 Å². The van der Waals surface area contributed by atoms with Crippen molar-refractivity contribution in [3.05, 3.63) is 29.3 Å². The van der Waals surface area contributed by atoms with Crippen LogP contribution >= 0.6 is 0 Å². The molecule has 98 valence electrons. The summed E-state index contributed by atoms with van der Waals surface area (Å²) in [5.41, 5.74) is 8.08. The number of nitrogens with zero attached hydrogens (tertiary/aromatic N) is 1. The predicted octanol–water partition coefficient (Wildman–Crippen LogP) is 1.40. The Morgan fingerprint density at radius 2 is 2.28 bits per heavy atom. The summed E-state index contributed by atoms with van der Waals surface area (Å²) < 4.78 is 0. The molecule has 1 aliphatic rings. The van der Waals surface area contributed by atoms with Gasteiger partial charge in [0.2, 0.25) is 0 Å². The number of hydrogen-bond donors (Lipinski definition) is 2. The molecule has 0 bridgehead atoms. The Bertz CT molecular complexity index is 445. The Morgan fingerprint density at radius 1 is 1.50 bits per heavy atom. The van der Waals surface area contributed by atoms with E-state index in [0.29, 0.717) is 11.3 Å². The maximum Gasteiger partial charge on any atom is 0.253 e. The Hall–Kier alpha value is -1.55. The molecule has 1 fully saturated rings. The van der Waals surface area contributed by atoms with Gasteiger partial charge in [0.25, 0.3) is 5.91 Å². The Morgan fingerprint density at radius 3 is 2.94 bits per heavy atom. The number of carbonyl (C=O) groups is 1. The number of nitrogen functional groups attached to an aromatic ring is 1. The van der Waals surface area contributed by atoms with Crippen LogP contribution in [-0.2, 0) is 0 Å². The van der Waals surface area contributed by atoms with Crippen LogP contribution in [0.3, 0.4) is 0 Å². The number of rotatable bonds is 2. The van der Waals surface area contributed by atoms with E-state index in [1.165, 1.54) is 0 Å². The number of carbonyl (C=O) groups excluding carboxylic acids is 1. The summed E-state index contributed by atoms with van der Waals surface area (Å²) in [7, 11) is 2.08. The Kier molecular flexibility index (Phi) is 3.87. The summed E-state index contributed by atoms with van der Waals surface area (Å²) in [6.45, 7) is 3.99. The average molecular weight is 247 g/mol. The van der Waals surface area contributed by atoms with Gasteiger partial charge in [0, 0.05) is 18.3 Å². The van der Waals surface area contributed by atoms with Gasteiger partial charge in [-0.2, -0.15) is 0 Å². The van der Waals surface area contributed by atoms with Crippen LogP contribution in [0.15, 0.2) is 18.2 Å². The van der Waals surface area contributed by atoms with Crippen molar-refractivity contribution >= 4 is 11.6 Å². The molecule has 1 heterocycles. The van der Waals surface area contributed by atoms with Crippen molar-refractivity contribution in [1.82, 2.24) is 10.2 Å². The summed E-state index contributed by atoms with van der Waals surface area (Å²) in [4.78, 5) is 14.4. The largest absolute Gasteiger partial charge is 0.398 e. The third kappa shape index (κ3) is 3.01. The number of nitrogens with two attached hydrogens (primary N) is 1. The van der Waals surface area contributed by atoms with Gasteiger partial charge in [-0.3, -0.25) is 4.79 Å². The van der Waals surface area contributed by atoms with Crippen LogP contribution in [0, 0.1) is 6.92 Å². The van der Waals surface area contributed by atoms with Crippen LogP contribution in [0.1, 0.15) is 28.8 Å². The normalized spacial score (nSPS) is 20.7. The lowest BCUT2D eigenvalue weighted by Gasteiger charge is -2.30. The van der Waals surface area contributed by atoms with Gasteiger partial charge >= 0.3 is 0 Å². The van der Waals surface area contributed by atoms with E-state index in [9.17, 15) is 4.79 Å². The van der Waals surface area contributed by atoms with Crippen LogP contribution in [-0.4, -0.2) is 37.0 Å². The lowest BCUT2D eigenvalue weighted by molar-refractivity contribution is 0.0913. The number of likely N-dealkylation sites (N-methyl/N-ethyl adjacent to an activating group) is 1. The first-order valence-corrected chi connectivity index (χ1v) is 6.42. The second kappa shape index (κ2) is 5.40. The molecule has 1 amide bonds. The zero-order valence-corrected chi connectivity index (χ0v) is 11.1. The highest BCUT2D eigenvalue weighted by Crippen LogP contribution is 2.15. The van der Waals surface area contributed by atoms with Gasteiger partial charge in [0.1, 0.15) is 0 Å². The van der Waals surface area contributed by atoms with E-state index in [-0.39, 0.29) is 11.9 Å². The minimum absolute atomic E-state index is 0.0622. The van der Waals surface area contributed by atoms with Crippen molar-refractivity contribution in [2.45, 2.75) is 25.8 Å². The second-order valence-electron chi connectivity index (χ2n) is 5.17. The Balaban J connectivity index is 2.03. The molecule has 1 aromatic rings.